The lowest BCUT2D eigenvalue weighted by molar-refractivity contribution is -0.146. The zero-order chi connectivity index (χ0) is 26.4. The quantitative estimate of drug-likeness (QED) is 0.202. The Kier molecular flexibility index (Phi) is 9.96. The minimum atomic E-state index is -0.761. The molecule has 37 heavy (non-hydrogen) atoms. The van der Waals surface area contributed by atoms with Crippen molar-refractivity contribution in [2.24, 2.45) is 11.8 Å². The van der Waals surface area contributed by atoms with E-state index in [1.54, 1.807) is 31.1 Å². The van der Waals surface area contributed by atoms with Crippen molar-refractivity contribution in [3.05, 3.63) is 64.3 Å². The van der Waals surface area contributed by atoms with E-state index in [1.807, 2.05) is 36.4 Å². The minimum Gasteiger partial charge on any atom is -0.497 e. The molecule has 198 valence electrons. The zero-order valence-electron chi connectivity index (χ0n) is 20.8. The van der Waals surface area contributed by atoms with Gasteiger partial charge in [-0.3, -0.25) is 9.78 Å². The molecule has 1 aromatic heterocycles. The van der Waals surface area contributed by atoms with Crippen molar-refractivity contribution in [1.82, 2.24) is 9.88 Å². The number of thioether (sulfide) groups is 1. The number of pyridine rings is 1. The highest BCUT2D eigenvalue weighted by atomic mass is 35.5. The molecule has 1 aliphatic rings. The van der Waals surface area contributed by atoms with Crippen LogP contribution in [0.1, 0.15) is 37.4 Å². The van der Waals surface area contributed by atoms with Crippen LogP contribution in [0, 0.1) is 11.8 Å². The van der Waals surface area contributed by atoms with Crippen LogP contribution in [0.15, 0.2) is 53.6 Å². The monoisotopic (exact) mass is 562 g/mol. The number of carboxylic acid groups (broad SMARTS) is 1. The number of piperidine rings is 1. The van der Waals surface area contributed by atoms with Crippen LogP contribution >= 0.6 is 35.0 Å². The summed E-state index contributed by atoms with van der Waals surface area (Å²) in [7, 11) is 1.61. The minimum absolute atomic E-state index is 0.0330. The number of hydrogen-bond donors (Lipinski definition) is 2. The summed E-state index contributed by atoms with van der Waals surface area (Å²) < 4.78 is 5.34. The van der Waals surface area contributed by atoms with Gasteiger partial charge in [0, 0.05) is 23.0 Å². The highest BCUT2D eigenvalue weighted by molar-refractivity contribution is 7.99. The van der Waals surface area contributed by atoms with Crippen molar-refractivity contribution in [3.63, 3.8) is 0 Å². The molecule has 1 fully saturated rings. The highest BCUT2D eigenvalue weighted by Crippen LogP contribution is 2.35. The SMILES string of the molecule is COc1ccc2nccc(C(O)CC[C@@H]3CCN(CCCSc4cccc(Cl)c4Cl)C[C@@H]3C(=O)O)c2c1. The molecule has 0 bridgehead atoms. The van der Waals surface area contributed by atoms with Crippen LogP contribution in [-0.2, 0) is 4.79 Å². The molecular formula is C28H32Cl2N2O4S. The van der Waals surface area contributed by atoms with Crippen molar-refractivity contribution in [2.45, 2.75) is 36.7 Å². The standard InChI is InChI=1S/C28H32Cl2N2O4S/c1-36-19-7-8-24-21(16-19)20(10-12-31-24)25(33)9-6-18-11-14-32(17-22(18)28(34)35)13-3-15-37-26-5-2-4-23(29)27(26)30/h2,4-5,7-8,10,12,16,18,22,25,33H,3,6,9,11,13-15,17H2,1H3,(H,34,35)/t18-,22+,25?/m1/s1. The van der Waals surface area contributed by atoms with E-state index in [2.05, 4.69) is 9.88 Å². The van der Waals surface area contributed by atoms with Crippen molar-refractivity contribution in [2.75, 3.05) is 32.5 Å². The lowest BCUT2D eigenvalue weighted by Gasteiger charge is -2.37. The summed E-state index contributed by atoms with van der Waals surface area (Å²) in [6.07, 6.45) is 3.90. The van der Waals surface area contributed by atoms with Gasteiger partial charge in [0.2, 0.25) is 0 Å². The number of aliphatic hydroxyl groups is 1. The number of nitrogens with zero attached hydrogens (tertiary/aromatic N) is 2. The Morgan fingerprint density at radius 2 is 2.11 bits per heavy atom. The third-order valence-electron chi connectivity index (χ3n) is 7.10. The number of fused-ring (bicyclic) bond motifs is 1. The summed E-state index contributed by atoms with van der Waals surface area (Å²) in [5, 5.41) is 23.0. The van der Waals surface area contributed by atoms with Gasteiger partial charge in [0.05, 0.1) is 34.7 Å². The number of aromatic nitrogens is 1. The summed E-state index contributed by atoms with van der Waals surface area (Å²) in [6, 6.07) is 13.1. The van der Waals surface area contributed by atoms with E-state index in [0.717, 1.165) is 53.0 Å². The third kappa shape index (κ3) is 7.09. The molecule has 0 aliphatic carbocycles. The van der Waals surface area contributed by atoms with E-state index >= 15 is 0 Å². The molecule has 2 N–H and O–H groups in total. The van der Waals surface area contributed by atoms with Crippen molar-refractivity contribution in [3.8, 4) is 5.75 Å². The molecule has 0 saturated carbocycles. The second-order valence-electron chi connectivity index (χ2n) is 9.42. The number of benzene rings is 2. The van der Waals surface area contributed by atoms with Crippen molar-refractivity contribution in [1.29, 1.82) is 0 Å². The summed E-state index contributed by atoms with van der Waals surface area (Å²) in [5.41, 5.74) is 1.59. The first kappa shape index (κ1) is 28.0. The fourth-order valence-corrected chi connectivity index (χ4v) is 6.48. The molecule has 4 rings (SSSR count). The van der Waals surface area contributed by atoms with Gasteiger partial charge in [-0.1, -0.05) is 29.3 Å². The second kappa shape index (κ2) is 13.2. The number of carboxylic acids is 1. The molecule has 9 heteroatoms. The Labute approximate surface area is 231 Å². The smallest absolute Gasteiger partial charge is 0.308 e. The summed E-state index contributed by atoms with van der Waals surface area (Å²) in [6.45, 7) is 2.24. The first-order valence-corrected chi connectivity index (χ1v) is 14.2. The largest absolute Gasteiger partial charge is 0.497 e. The van der Waals surface area contributed by atoms with Gasteiger partial charge in [-0.05, 0) is 92.4 Å². The van der Waals surface area contributed by atoms with Gasteiger partial charge in [0.1, 0.15) is 5.75 Å². The number of aliphatic carboxylic acids is 1. The van der Waals surface area contributed by atoms with Gasteiger partial charge in [0.15, 0.2) is 0 Å². The zero-order valence-corrected chi connectivity index (χ0v) is 23.1. The molecule has 1 aliphatic heterocycles. The van der Waals surface area contributed by atoms with Gasteiger partial charge in [0.25, 0.3) is 0 Å². The predicted octanol–water partition coefficient (Wildman–Crippen LogP) is 6.57. The molecule has 3 atom stereocenters. The van der Waals surface area contributed by atoms with Gasteiger partial charge < -0.3 is 19.8 Å². The maximum absolute atomic E-state index is 12.1. The molecule has 3 aromatic rings. The molecule has 0 radical (unpaired) electrons. The van der Waals surface area contributed by atoms with Crippen LogP contribution < -0.4 is 4.74 Å². The van der Waals surface area contributed by atoms with Gasteiger partial charge in [-0.2, -0.15) is 0 Å². The maximum atomic E-state index is 12.1. The van der Waals surface area contributed by atoms with Crippen LogP contribution in [0.2, 0.25) is 10.0 Å². The molecule has 0 amide bonds. The predicted molar refractivity (Wildman–Crippen MR) is 150 cm³/mol. The lowest BCUT2D eigenvalue weighted by Crippen LogP contribution is -2.44. The van der Waals surface area contributed by atoms with Crippen LogP contribution in [0.4, 0.5) is 0 Å². The van der Waals surface area contributed by atoms with E-state index in [1.165, 1.54) is 0 Å². The molecule has 1 saturated heterocycles. The average Bonchev–Trinajstić information content (AvgIpc) is 2.91. The number of methoxy groups -OCH3 is 1. The van der Waals surface area contributed by atoms with Crippen LogP contribution in [0.3, 0.4) is 0 Å². The summed E-state index contributed by atoms with van der Waals surface area (Å²) in [5.74, 6) is 0.426. The number of halogens is 2. The molecule has 1 unspecified atom stereocenters. The Bertz CT molecular complexity index is 1230. The number of likely N-dealkylation sites (tertiary alicyclic amines) is 1. The van der Waals surface area contributed by atoms with Gasteiger partial charge in [-0.15, -0.1) is 11.8 Å². The topological polar surface area (TPSA) is 82.9 Å². The molecule has 6 nitrogen and oxygen atoms in total. The number of aliphatic hydroxyl groups excluding tert-OH is 1. The third-order valence-corrected chi connectivity index (χ3v) is 9.18. The van der Waals surface area contributed by atoms with Crippen molar-refractivity contribution < 1.29 is 19.7 Å². The first-order valence-electron chi connectivity index (χ1n) is 12.5. The molecule has 2 aromatic carbocycles. The van der Waals surface area contributed by atoms with Crippen molar-refractivity contribution >= 4 is 51.8 Å². The van der Waals surface area contributed by atoms with Gasteiger partial charge >= 0.3 is 5.97 Å². The Morgan fingerprint density at radius 3 is 2.89 bits per heavy atom. The maximum Gasteiger partial charge on any atom is 0.308 e. The van der Waals surface area contributed by atoms with E-state index < -0.39 is 18.0 Å². The number of ether oxygens (including phenoxy) is 1. The second-order valence-corrected chi connectivity index (χ2v) is 11.3. The van der Waals surface area contributed by atoms with Crippen LogP contribution in [-0.4, -0.2) is 58.6 Å². The highest BCUT2D eigenvalue weighted by Gasteiger charge is 2.34. The Hall–Kier alpha value is -2.03. The van der Waals surface area contributed by atoms with Gasteiger partial charge in [-0.25, -0.2) is 0 Å². The molecular weight excluding hydrogens is 531 g/mol. The Morgan fingerprint density at radius 1 is 1.27 bits per heavy atom. The summed E-state index contributed by atoms with van der Waals surface area (Å²) in [4.78, 5) is 19.7. The van der Waals surface area contributed by atoms with E-state index in [-0.39, 0.29) is 5.92 Å². The summed E-state index contributed by atoms with van der Waals surface area (Å²) >= 11 is 14.0. The van der Waals surface area contributed by atoms with E-state index in [9.17, 15) is 15.0 Å². The molecule has 0 spiro atoms. The Balaban J connectivity index is 1.30. The number of carbonyl (C=O) groups is 1. The number of hydrogen-bond acceptors (Lipinski definition) is 6. The first-order chi connectivity index (χ1) is 17.9. The van der Waals surface area contributed by atoms with Crippen LogP contribution in [0.5, 0.6) is 5.75 Å². The van der Waals surface area contributed by atoms with E-state index in [0.29, 0.717) is 35.2 Å². The van der Waals surface area contributed by atoms with E-state index in [4.69, 9.17) is 27.9 Å². The fraction of sp³-hybridized carbons (Fsp3) is 0.429. The van der Waals surface area contributed by atoms with Crippen LogP contribution in [0.25, 0.3) is 10.9 Å². The number of rotatable bonds is 11. The normalized spacial score (nSPS) is 19.1. The lowest BCUT2D eigenvalue weighted by atomic mass is 9.81. The average molecular weight is 564 g/mol. The molecule has 2 heterocycles. The fourth-order valence-electron chi connectivity index (χ4n) is 5.05.